The Morgan fingerprint density at radius 3 is 2.86 bits per heavy atom. The quantitative estimate of drug-likeness (QED) is 0.798. The van der Waals surface area contributed by atoms with Crippen LogP contribution < -0.4 is 5.32 Å². The molecule has 0 radical (unpaired) electrons. The van der Waals surface area contributed by atoms with Crippen molar-refractivity contribution in [2.75, 3.05) is 19.8 Å². The number of hydrogen-bond acceptors (Lipinski definition) is 4. The van der Waals surface area contributed by atoms with Crippen LogP contribution in [-0.4, -0.2) is 59.8 Å². The van der Waals surface area contributed by atoms with Gasteiger partial charge in [-0.15, -0.1) is 0 Å². The van der Waals surface area contributed by atoms with Gasteiger partial charge < -0.3 is 20.1 Å². The molecule has 6 heteroatoms. The van der Waals surface area contributed by atoms with Gasteiger partial charge in [0.25, 0.3) is 0 Å². The summed E-state index contributed by atoms with van der Waals surface area (Å²) in [5.74, 6) is -0.193. The lowest BCUT2D eigenvalue weighted by Crippen LogP contribution is -2.55. The molecule has 1 amide bonds. The molecular formula is C15H24N2O4. The van der Waals surface area contributed by atoms with Crippen LogP contribution in [0, 0.1) is 5.92 Å². The number of nitrogens with one attached hydrogen (secondary N) is 1. The van der Waals surface area contributed by atoms with Crippen molar-refractivity contribution in [3.63, 3.8) is 0 Å². The van der Waals surface area contributed by atoms with Crippen molar-refractivity contribution in [3.8, 4) is 0 Å². The highest BCUT2D eigenvalue weighted by molar-refractivity contribution is 5.83. The molecule has 6 nitrogen and oxygen atoms in total. The first kappa shape index (κ1) is 14.8. The van der Waals surface area contributed by atoms with Crippen LogP contribution in [0.2, 0.25) is 0 Å². The van der Waals surface area contributed by atoms with Crippen molar-refractivity contribution >= 4 is 11.9 Å². The lowest BCUT2D eigenvalue weighted by Gasteiger charge is -2.36. The summed E-state index contributed by atoms with van der Waals surface area (Å²) in [7, 11) is 0. The Kier molecular flexibility index (Phi) is 4.45. The second-order valence-electron chi connectivity index (χ2n) is 6.46. The van der Waals surface area contributed by atoms with Gasteiger partial charge in [-0.25, -0.2) is 0 Å². The summed E-state index contributed by atoms with van der Waals surface area (Å²) in [6.07, 6.45) is 5.75. The third-order valence-corrected chi connectivity index (χ3v) is 5.08. The van der Waals surface area contributed by atoms with Gasteiger partial charge in [-0.1, -0.05) is 12.8 Å². The van der Waals surface area contributed by atoms with Crippen molar-refractivity contribution in [1.82, 2.24) is 10.2 Å². The standard InChI is InChI=1S/C15H24N2O4/c18-14(19)8-11-9-21-6-5-17(11)15(20)13-7-10-3-1-2-4-12(10)16-13/h10-13,16H,1-9H2,(H,18,19). The number of amides is 1. The molecule has 3 fully saturated rings. The molecule has 1 aliphatic carbocycles. The first-order chi connectivity index (χ1) is 10.1. The predicted octanol–water partition coefficient (Wildman–Crippen LogP) is 0.609. The summed E-state index contributed by atoms with van der Waals surface area (Å²) in [6.45, 7) is 1.34. The number of ether oxygens (including phenoxy) is 1. The van der Waals surface area contributed by atoms with Gasteiger partial charge in [0.2, 0.25) is 5.91 Å². The number of carboxylic acid groups (broad SMARTS) is 1. The minimum atomic E-state index is -0.878. The molecule has 2 saturated heterocycles. The summed E-state index contributed by atoms with van der Waals surface area (Å²) in [4.78, 5) is 25.4. The van der Waals surface area contributed by atoms with Crippen LogP contribution in [0.1, 0.15) is 38.5 Å². The lowest BCUT2D eigenvalue weighted by atomic mass is 9.85. The van der Waals surface area contributed by atoms with Crippen molar-refractivity contribution in [2.45, 2.75) is 56.7 Å². The second kappa shape index (κ2) is 6.32. The SMILES string of the molecule is O=C(O)CC1COCCN1C(=O)C1CC2CCCCC2N1. The van der Waals surface area contributed by atoms with Gasteiger partial charge >= 0.3 is 5.97 Å². The van der Waals surface area contributed by atoms with Gasteiger partial charge in [0.15, 0.2) is 0 Å². The molecule has 0 aromatic heterocycles. The topological polar surface area (TPSA) is 78.9 Å². The van der Waals surface area contributed by atoms with Crippen molar-refractivity contribution in [1.29, 1.82) is 0 Å². The van der Waals surface area contributed by atoms with Crippen LogP contribution in [-0.2, 0) is 14.3 Å². The van der Waals surface area contributed by atoms with E-state index in [-0.39, 0.29) is 24.4 Å². The number of aliphatic carboxylic acids is 1. The van der Waals surface area contributed by atoms with E-state index in [2.05, 4.69) is 5.32 Å². The Morgan fingerprint density at radius 2 is 2.10 bits per heavy atom. The molecule has 0 aromatic rings. The Bertz CT molecular complexity index is 400. The van der Waals surface area contributed by atoms with E-state index in [4.69, 9.17) is 9.84 Å². The maximum absolute atomic E-state index is 12.8. The molecule has 0 aromatic carbocycles. The van der Waals surface area contributed by atoms with Crippen molar-refractivity contribution in [3.05, 3.63) is 0 Å². The predicted molar refractivity (Wildman–Crippen MR) is 75.9 cm³/mol. The lowest BCUT2D eigenvalue weighted by molar-refractivity contribution is -0.147. The molecule has 0 spiro atoms. The van der Waals surface area contributed by atoms with E-state index >= 15 is 0 Å². The zero-order valence-corrected chi connectivity index (χ0v) is 12.3. The largest absolute Gasteiger partial charge is 0.481 e. The molecule has 1 saturated carbocycles. The third-order valence-electron chi connectivity index (χ3n) is 5.08. The molecule has 2 aliphatic heterocycles. The second-order valence-corrected chi connectivity index (χ2v) is 6.46. The fourth-order valence-corrected chi connectivity index (χ4v) is 4.03. The van der Waals surface area contributed by atoms with E-state index in [1.165, 1.54) is 19.3 Å². The average Bonchev–Trinajstić information content (AvgIpc) is 2.90. The van der Waals surface area contributed by atoms with Crippen LogP contribution in [0.3, 0.4) is 0 Å². The number of carbonyl (C=O) groups excluding carboxylic acids is 1. The molecule has 4 atom stereocenters. The zero-order chi connectivity index (χ0) is 14.8. The van der Waals surface area contributed by atoms with Crippen LogP contribution in [0.25, 0.3) is 0 Å². The van der Waals surface area contributed by atoms with E-state index < -0.39 is 5.97 Å². The third kappa shape index (κ3) is 3.21. The highest BCUT2D eigenvalue weighted by atomic mass is 16.5. The summed E-state index contributed by atoms with van der Waals surface area (Å²) in [5.41, 5.74) is 0. The summed E-state index contributed by atoms with van der Waals surface area (Å²) in [5, 5.41) is 12.5. The number of hydrogen-bond donors (Lipinski definition) is 2. The monoisotopic (exact) mass is 296 g/mol. The van der Waals surface area contributed by atoms with Gasteiger partial charge in [0, 0.05) is 12.6 Å². The van der Waals surface area contributed by atoms with E-state index in [9.17, 15) is 9.59 Å². The molecule has 3 aliphatic rings. The van der Waals surface area contributed by atoms with Gasteiger partial charge in [-0.3, -0.25) is 9.59 Å². The van der Waals surface area contributed by atoms with E-state index in [1.807, 2.05) is 0 Å². The van der Waals surface area contributed by atoms with Gasteiger partial charge in [-0.05, 0) is 25.2 Å². The molecule has 2 heterocycles. The van der Waals surface area contributed by atoms with Crippen LogP contribution in [0.4, 0.5) is 0 Å². The van der Waals surface area contributed by atoms with Crippen LogP contribution in [0.5, 0.6) is 0 Å². The Hall–Kier alpha value is -1.14. The van der Waals surface area contributed by atoms with E-state index in [0.717, 1.165) is 12.8 Å². The van der Waals surface area contributed by atoms with Crippen LogP contribution in [0.15, 0.2) is 0 Å². The fourth-order valence-electron chi connectivity index (χ4n) is 4.03. The molecule has 21 heavy (non-hydrogen) atoms. The smallest absolute Gasteiger partial charge is 0.305 e. The maximum Gasteiger partial charge on any atom is 0.305 e. The number of carboxylic acids is 1. The highest BCUT2D eigenvalue weighted by Gasteiger charge is 2.41. The van der Waals surface area contributed by atoms with Crippen molar-refractivity contribution in [2.24, 2.45) is 5.92 Å². The molecule has 3 rings (SSSR count). The van der Waals surface area contributed by atoms with E-state index in [0.29, 0.717) is 31.7 Å². The summed E-state index contributed by atoms with van der Waals surface area (Å²) < 4.78 is 5.34. The first-order valence-corrected chi connectivity index (χ1v) is 8.01. The Morgan fingerprint density at radius 1 is 1.29 bits per heavy atom. The molecule has 118 valence electrons. The van der Waals surface area contributed by atoms with Crippen LogP contribution >= 0.6 is 0 Å². The molecule has 4 unspecified atom stereocenters. The summed E-state index contributed by atoms with van der Waals surface area (Å²) in [6, 6.07) is 0.0207. The zero-order valence-electron chi connectivity index (χ0n) is 12.3. The Balaban J connectivity index is 1.64. The highest BCUT2D eigenvalue weighted by Crippen LogP contribution is 2.34. The van der Waals surface area contributed by atoms with Crippen molar-refractivity contribution < 1.29 is 19.4 Å². The minimum absolute atomic E-state index is 0.0364. The maximum atomic E-state index is 12.8. The number of nitrogens with zero attached hydrogens (tertiary/aromatic N) is 1. The fraction of sp³-hybridized carbons (Fsp3) is 0.867. The minimum Gasteiger partial charge on any atom is -0.481 e. The Labute approximate surface area is 124 Å². The van der Waals surface area contributed by atoms with Gasteiger partial charge in [-0.2, -0.15) is 0 Å². The number of morpholine rings is 1. The number of fused-ring (bicyclic) bond motifs is 1. The van der Waals surface area contributed by atoms with Gasteiger partial charge in [0.1, 0.15) is 0 Å². The number of rotatable bonds is 3. The normalized spacial score (nSPS) is 36.3. The summed E-state index contributed by atoms with van der Waals surface area (Å²) >= 11 is 0. The van der Waals surface area contributed by atoms with Gasteiger partial charge in [0.05, 0.1) is 31.7 Å². The van der Waals surface area contributed by atoms with E-state index in [1.54, 1.807) is 4.90 Å². The molecular weight excluding hydrogens is 272 g/mol. The molecule has 2 N–H and O–H groups in total. The molecule has 0 bridgehead atoms. The average molecular weight is 296 g/mol. The number of carbonyl (C=O) groups is 2. The first-order valence-electron chi connectivity index (χ1n) is 8.01.